The second-order valence-corrected chi connectivity index (χ2v) is 6.81. The summed E-state index contributed by atoms with van der Waals surface area (Å²) in [6.45, 7) is 0.425. The molecule has 1 aliphatic carbocycles. The number of nitrogens with one attached hydrogen (secondary N) is 1. The summed E-state index contributed by atoms with van der Waals surface area (Å²) in [5.74, 6) is 0.341. The van der Waals surface area contributed by atoms with Crippen LogP contribution in [0.1, 0.15) is 48.0 Å². The number of imide groups is 1. The first kappa shape index (κ1) is 15.2. The topological polar surface area (TPSA) is 75.7 Å². The van der Waals surface area contributed by atoms with Crippen LogP contribution < -0.4 is 10.1 Å². The van der Waals surface area contributed by atoms with E-state index in [9.17, 15) is 14.4 Å². The van der Waals surface area contributed by atoms with E-state index < -0.39 is 11.6 Å². The lowest BCUT2D eigenvalue weighted by molar-refractivity contribution is -0.132. The van der Waals surface area contributed by atoms with E-state index in [0.29, 0.717) is 25.0 Å². The number of benzene rings is 1. The molecule has 2 fully saturated rings. The first-order chi connectivity index (χ1) is 11.6. The SMILES string of the molecule is O=C(CN1C(=O)NC2(CCCCC2)C1=O)c1ccc2c(c1)CCO2. The summed E-state index contributed by atoms with van der Waals surface area (Å²) in [6.07, 6.45) is 5.05. The van der Waals surface area contributed by atoms with E-state index in [-0.39, 0.29) is 18.2 Å². The molecule has 0 bridgehead atoms. The van der Waals surface area contributed by atoms with Crippen molar-refractivity contribution in [3.63, 3.8) is 0 Å². The number of nitrogens with zero attached hydrogens (tertiary/aromatic N) is 1. The average molecular weight is 328 g/mol. The van der Waals surface area contributed by atoms with Crippen LogP contribution in [0.5, 0.6) is 5.75 Å². The Morgan fingerprint density at radius 2 is 2.00 bits per heavy atom. The zero-order valence-corrected chi connectivity index (χ0v) is 13.5. The van der Waals surface area contributed by atoms with Gasteiger partial charge in [-0.2, -0.15) is 0 Å². The van der Waals surface area contributed by atoms with Crippen LogP contribution in [0.25, 0.3) is 0 Å². The van der Waals surface area contributed by atoms with E-state index in [1.54, 1.807) is 18.2 Å². The van der Waals surface area contributed by atoms with Gasteiger partial charge in [-0.25, -0.2) is 4.79 Å². The third kappa shape index (κ3) is 2.37. The molecular formula is C18H20N2O4. The Morgan fingerprint density at radius 1 is 1.21 bits per heavy atom. The molecule has 1 saturated heterocycles. The van der Waals surface area contributed by atoms with Crippen LogP contribution in [0.3, 0.4) is 0 Å². The molecule has 2 heterocycles. The number of carbonyl (C=O) groups excluding carboxylic acids is 3. The fourth-order valence-corrected chi connectivity index (χ4v) is 3.91. The average Bonchev–Trinajstić information content (AvgIpc) is 3.14. The fraction of sp³-hybridized carbons (Fsp3) is 0.500. The number of hydrogen-bond acceptors (Lipinski definition) is 4. The van der Waals surface area contributed by atoms with Gasteiger partial charge in [-0.1, -0.05) is 19.3 Å². The molecule has 0 atom stereocenters. The van der Waals surface area contributed by atoms with Crippen LogP contribution in [0.15, 0.2) is 18.2 Å². The van der Waals surface area contributed by atoms with Gasteiger partial charge in [0.25, 0.3) is 5.91 Å². The zero-order valence-electron chi connectivity index (χ0n) is 13.5. The number of ketones is 1. The highest BCUT2D eigenvalue weighted by Crippen LogP contribution is 2.34. The Hall–Kier alpha value is -2.37. The summed E-state index contributed by atoms with van der Waals surface area (Å²) in [5.41, 5.74) is 0.743. The van der Waals surface area contributed by atoms with Gasteiger partial charge in [-0.3, -0.25) is 14.5 Å². The number of hydrogen-bond donors (Lipinski definition) is 1. The molecule has 0 radical (unpaired) electrons. The monoisotopic (exact) mass is 328 g/mol. The predicted molar refractivity (Wildman–Crippen MR) is 86.0 cm³/mol. The molecule has 126 valence electrons. The Labute approximate surface area is 140 Å². The summed E-state index contributed by atoms with van der Waals surface area (Å²) < 4.78 is 5.44. The van der Waals surface area contributed by atoms with Gasteiger partial charge in [-0.05, 0) is 36.6 Å². The lowest BCUT2D eigenvalue weighted by Gasteiger charge is -2.30. The van der Waals surface area contributed by atoms with E-state index in [1.807, 2.05) is 0 Å². The first-order valence-corrected chi connectivity index (χ1v) is 8.52. The number of fused-ring (bicyclic) bond motifs is 1. The van der Waals surface area contributed by atoms with Gasteiger partial charge in [0.1, 0.15) is 11.3 Å². The zero-order chi connectivity index (χ0) is 16.7. The van der Waals surface area contributed by atoms with Gasteiger partial charge in [-0.15, -0.1) is 0 Å². The third-order valence-corrected chi connectivity index (χ3v) is 5.27. The molecule has 1 N–H and O–H groups in total. The van der Waals surface area contributed by atoms with E-state index in [0.717, 1.165) is 41.9 Å². The Balaban J connectivity index is 1.51. The predicted octanol–water partition coefficient (Wildman–Crippen LogP) is 2.06. The van der Waals surface area contributed by atoms with Crippen molar-refractivity contribution < 1.29 is 19.1 Å². The van der Waals surface area contributed by atoms with Gasteiger partial charge in [0.2, 0.25) is 0 Å². The van der Waals surface area contributed by atoms with Gasteiger partial charge < -0.3 is 10.1 Å². The summed E-state index contributed by atoms with van der Waals surface area (Å²) in [5, 5.41) is 2.83. The normalized spacial score (nSPS) is 21.6. The molecule has 0 aromatic heterocycles. The lowest BCUT2D eigenvalue weighted by atomic mass is 9.82. The van der Waals surface area contributed by atoms with Crippen LogP contribution >= 0.6 is 0 Å². The molecule has 1 aromatic rings. The minimum Gasteiger partial charge on any atom is -0.493 e. The fourth-order valence-electron chi connectivity index (χ4n) is 3.91. The molecule has 1 aromatic carbocycles. The second-order valence-electron chi connectivity index (χ2n) is 6.81. The highest BCUT2D eigenvalue weighted by molar-refractivity contribution is 6.11. The van der Waals surface area contributed by atoms with Gasteiger partial charge in [0.05, 0.1) is 13.2 Å². The first-order valence-electron chi connectivity index (χ1n) is 8.52. The molecule has 6 heteroatoms. The molecule has 2 aliphatic heterocycles. The quantitative estimate of drug-likeness (QED) is 0.681. The van der Waals surface area contributed by atoms with E-state index in [2.05, 4.69) is 5.32 Å². The minimum atomic E-state index is -0.776. The van der Waals surface area contributed by atoms with Gasteiger partial charge in [0, 0.05) is 12.0 Å². The smallest absolute Gasteiger partial charge is 0.325 e. The summed E-state index contributed by atoms with van der Waals surface area (Å²) >= 11 is 0. The van der Waals surface area contributed by atoms with Crippen LogP contribution in [0.4, 0.5) is 4.79 Å². The number of Topliss-reactive ketones (excluding diaryl/α,β-unsaturated/α-hetero) is 1. The molecule has 3 amide bonds. The highest BCUT2D eigenvalue weighted by atomic mass is 16.5. The number of ether oxygens (including phenoxy) is 1. The van der Waals surface area contributed by atoms with Crippen molar-refractivity contribution in [1.82, 2.24) is 10.2 Å². The van der Waals surface area contributed by atoms with Gasteiger partial charge >= 0.3 is 6.03 Å². The molecular weight excluding hydrogens is 308 g/mol. The summed E-state index contributed by atoms with van der Waals surface area (Å²) in [6, 6.07) is 4.84. The maximum Gasteiger partial charge on any atom is 0.325 e. The van der Waals surface area contributed by atoms with Crippen molar-refractivity contribution in [3.05, 3.63) is 29.3 Å². The Bertz CT molecular complexity index is 722. The van der Waals surface area contributed by atoms with Crippen molar-refractivity contribution in [3.8, 4) is 5.75 Å². The van der Waals surface area contributed by atoms with Crippen molar-refractivity contribution in [2.24, 2.45) is 0 Å². The van der Waals surface area contributed by atoms with E-state index in [1.165, 1.54) is 0 Å². The molecule has 6 nitrogen and oxygen atoms in total. The van der Waals surface area contributed by atoms with Crippen molar-refractivity contribution >= 4 is 17.7 Å². The van der Waals surface area contributed by atoms with Gasteiger partial charge in [0.15, 0.2) is 5.78 Å². The van der Waals surface area contributed by atoms with Crippen molar-refractivity contribution in [1.29, 1.82) is 0 Å². The number of carbonyl (C=O) groups is 3. The third-order valence-electron chi connectivity index (χ3n) is 5.27. The van der Waals surface area contributed by atoms with E-state index >= 15 is 0 Å². The molecule has 1 saturated carbocycles. The summed E-state index contributed by atoms with van der Waals surface area (Å²) in [7, 11) is 0. The second kappa shape index (κ2) is 5.61. The standard InChI is InChI=1S/C18H20N2O4/c21-14(12-4-5-15-13(10-12)6-9-24-15)11-20-16(22)18(19-17(20)23)7-2-1-3-8-18/h4-5,10H,1-3,6-9,11H2,(H,19,23). The molecule has 0 unspecified atom stereocenters. The maximum absolute atomic E-state index is 12.7. The molecule has 4 rings (SSSR count). The minimum absolute atomic E-state index is 0.202. The molecule has 1 spiro atoms. The van der Waals surface area contributed by atoms with Crippen LogP contribution in [-0.2, 0) is 11.2 Å². The van der Waals surface area contributed by atoms with Crippen molar-refractivity contribution in [2.45, 2.75) is 44.1 Å². The molecule has 24 heavy (non-hydrogen) atoms. The number of urea groups is 1. The molecule has 3 aliphatic rings. The highest BCUT2D eigenvalue weighted by Gasteiger charge is 2.51. The number of rotatable bonds is 3. The Morgan fingerprint density at radius 3 is 2.79 bits per heavy atom. The maximum atomic E-state index is 12.7. The number of amides is 3. The van der Waals surface area contributed by atoms with Crippen LogP contribution in [0.2, 0.25) is 0 Å². The summed E-state index contributed by atoms with van der Waals surface area (Å²) in [4.78, 5) is 38.6. The van der Waals surface area contributed by atoms with Crippen LogP contribution in [0, 0.1) is 0 Å². The van der Waals surface area contributed by atoms with Crippen molar-refractivity contribution in [2.75, 3.05) is 13.2 Å². The Kier molecular flexibility index (Phi) is 3.55. The van der Waals surface area contributed by atoms with E-state index in [4.69, 9.17) is 4.74 Å². The van der Waals surface area contributed by atoms with Crippen LogP contribution in [-0.4, -0.2) is 41.3 Å². The lowest BCUT2D eigenvalue weighted by Crippen LogP contribution is -2.48. The largest absolute Gasteiger partial charge is 0.493 e.